The second-order valence-corrected chi connectivity index (χ2v) is 3.99. The van der Waals surface area contributed by atoms with Crippen LogP contribution in [0.5, 0.6) is 5.75 Å². The molecule has 6 heteroatoms. The maximum absolute atomic E-state index is 12.1. The van der Waals surface area contributed by atoms with Gasteiger partial charge in [0, 0.05) is 6.20 Å². The number of nitriles is 2. The fourth-order valence-electron chi connectivity index (χ4n) is 1.70. The number of ether oxygens (including phenoxy) is 1. The Morgan fingerprint density at radius 2 is 2.05 bits per heavy atom. The van der Waals surface area contributed by atoms with Crippen molar-refractivity contribution in [2.75, 3.05) is 12.4 Å². The summed E-state index contributed by atoms with van der Waals surface area (Å²) in [5.41, 5.74) is 1.08. The number of rotatable bonds is 3. The average molecular weight is 278 g/mol. The molecule has 0 aliphatic carbocycles. The molecule has 0 saturated carbocycles. The van der Waals surface area contributed by atoms with Crippen LogP contribution in [0.2, 0.25) is 0 Å². The van der Waals surface area contributed by atoms with E-state index in [-0.39, 0.29) is 11.3 Å². The van der Waals surface area contributed by atoms with Crippen LogP contribution in [-0.4, -0.2) is 18.0 Å². The number of hydrogen-bond acceptors (Lipinski definition) is 5. The summed E-state index contributed by atoms with van der Waals surface area (Å²) in [7, 11) is 1.45. The largest absolute Gasteiger partial charge is 0.495 e. The summed E-state index contributed by atoms with van der Waals surface area (Å²) in [5, 5.41) is 20.4. The Hall–Kier alpha value is -3.38. The number of carbonyl (C=O) groups is 1. The van der Waals surface area contributed by atoms with E-state index in [1.807, 2.05) is 12.1 Å². The Balaban J connectivity index is 2.31. The minimum Gasteiger partial charge on any atom is -0.495 e. The highest BCUT2D eigenvalue weighted by Gasteiger charge is 2.14. The van der Waals surface area contributed by atoms with E-state index in [4.69, 9.17) is 15.3 Å². The lowest BCUT2D eigenvalue weighted by Gasteiger charge is -2.11. The maximum atomic E-state index is 12.1. The molecule has 1 amide bonds. The van der Waals surface area contributed by atoms with Crippen molar-refractivity contribution in [3.8, 4) is 17.9 Å². The zero-order valence-electron chi connectivity index (χ0n) is 11.1. The minimum absolute atomic E-state index is 0.142. The summed E-state index contributed by atoms with van der Waals surface area (Å²) >= 11 is 0. The number of pyridine rings is 1. The van der Waals surface area contributed by atoms with E-state index >= 15 is 0 Å². The van der Waals surface area contributed by atoms with E-state index < -0.39 is 5.91 Å². The number of carbonyl (C=O) groups excluding carboxylic acids is 1. The van der Waals surface area contributed by atoms with Crippen molar-refractivity contribution in [3.63, 3.8) is 0 Å². The standard InChI is InChI=1S/C15H10N4O2/c1-21-13-4-2-3-11(8-17)14(13)19-15(20)12-6-5-10(7-16)9-18-12/h2-6,9H,1H3,(H,19,20). The van der Waals surface area contributed by atoms with E-state index in [9.17, 15) is 4.79 Å². The lowest BCUT2D eigenvalue weighted by molar-refractivity contribution is 0.102. The van der Waals surface area contributed by atoms with Gasteiger partial charge in [-0.15, -0.1) is 0 Å². The minimum atomic E-state index is -0.486. The number of para-hydroxylation sites is 1. The number of anilines is 1. The molecule has 0 atom stereocenters. The van der Waals surface area contributed by atoms with Crippen molar-refractivity contribution in [1.29, 1.82) is 10.5 Å². The van der Waals surface area contributed by atoms with Crippen molar-refractivity contribution in [2.24, 2.45) is 0 Å². The van der Waals surface area contributed by atoms with Crippen LogP contribution in [0, 0.1) is 22.7 Å². The van der Waals surface area contributed by atoms with E-state index in [2.05, 4.69) is 10.3 Å². The molecule has 0 saturated heterocycles. The monoisotopic (exact) mass is 278 g/mol. The Morgan fingerprint density at radius 1 is 1.24 bits per heavy atom. The Morgan fingerprint density at radius 3 is 2.62 bits per heavy atom. The van der Waals surface area contributed by atoms with Crippen LogP contribution >= 0.6 is 0 Å². The van der Waals surface area contributed by atoms with Crippen molar-refractivity contribution < 1.29 is 9.53 Å². The number of nitrogens with zero attached hydrogens (tertiary/aromatic N) is 3. The third kappa shape index (κ3) is 2.96. The molecule has 0 aliphatic rings. The van der Waals surface area contributed by atoms with Gasteiger partial charge in [0.1, 0.15) is 29.3 Å². The second kappa shape index (κ2) is 6.18. The van der Waals surface area contributed by atoms with Crippen molar-refractivity contribution in [1.82, 2.24) is 4.98 Å². The van der Waals surface area contributed by atoms with Crippen LogP contribution in [0.1, 0.15) is 21.6 Å². The van der Waals surface area contributed by atoms with E-state index in [1.165, 1.54) is 25.4 Å². The van der Waals surface area contributed by atoms with Crippen molar-refractivity contribution >= 4 is 11.6 Å². The summed E-state index contributed by atoms with van der Waals surface area (Å²) < 4.78 is 5.13. The fourth-order valence-corrected chi connectivity index (χ4v) is 1.70. The quantitative estimate of drug-likeness (QED) is 0.926. The van der Waals surface area contributed by atoms with Gasteiger partial charge < -0.3 is 10.1 Å². The predicted molar refractivity (Wildman–Crippen MR) is 74.6 cm³/mol. The third-order valence-corrected chi connectivity index (χ3v) is 2.73. The van der Waals surface area contributed by atoms with E-state index in [0.29, 0.717) is 17.0 Å². The van der Waals surface area contributed by atoms with Gasteiger partial charge in [-0.3, -0.25) is 4.79 Å². The Kier molecular flexibility index (Phi) is 4.13. The normalized spacial score (nSPS) is 9.29. The molecule has 6 nitrogen and oxygen atoms in total. The highest BCUT2D eigenvalue weighted by Crippen LogP contribution is 2.28. The van der Waals surface area contributed by atoms with Gasteiger partial charge in [-0.1, -0.05) is 6.07 Å². The second-order valence-electron chi connectivity index (χ2n) is 3.99. The summed E-state index contributed by atoms with van der Waals surface area (Å²) in [6, 6.07) is 11.7. The zero-order chi connectivity index (χ0) is 15.2. The molecule has 0 bridgehead atoms. The first-order chi connectivity index (χ1) is 10.2. The van der Waals surface area contributed by atoms with E-state index in [0.717, 1.165) is 0 Å². The van der Waals surface area contributed by atoms with Gasteiger partial charge in [-0.2, -0.15) is 10.5 Å². The molecule has 1 aromatic heterocycles. The molecular formula is C15H10N4O2. The van der Waals surface area contributed by atoms with Crippen molar-refractivity contribution in [2.45, 2.75) is 0 Å². The third-order valence-electron chi connectivity index (χ3n) is 2.73. The van der Waals surface area contributed by atoms with Gasteiger partial charge in [-0.25, -0.2) is 4.98 Å². The van der Waals surface area contributed by atoms with Gasteiger partial charge in [0.25, 0.3) is 5.91 Å². The summed E-state index contributed by atoms with van der Waals surface area (Å²) in [6.07, 6.45) is 1.31. The molecule has 0 spiro atoms. The number of hydrogen-bond donors (Lipinski definition) is 1. The van der Waals surface area contributed by atoms with Crippen LogP contribution in [0.15, 0.2) is 36.5 Å². The number of nitrogens with one attached hydrogen (secondary N) is 1. The molecule has 0 unspecified atom stereocenters. The molecular weight excluding hydrogens is 268 g/mol. The summed E-state index contributed by atoms with van der Waals surface area (Å²) in [5.74, 6) is -0.100. The molecule has 2 rings (SSSR count). The molecule has 1 aromatic carbocycles. The highest BCUT2D eigenvalue weighted by molar-refractivity contribution is 6.04. The topological polar surface area (TPSA) is 98.8 Å². The van der Waals surface area contributed by atoms with Gasteiger partial charge in [0.05, 0.1) is 18.2 Å². The summed E-state index contributed by atoms with van der Waals surface area (Å²) in [6.45, 7) is 0. The van der Waals surface area contributed by atoms with Crippen LogP contribution in [0.4, 0.5) is 5.69 Å². The molecule has 1 heterocycles. The van der Waals surface area contributed by atoms with Gasteiger partial charge >= 0.3 is 0 Å². The van der Waals surface area contributed by atoms with Crippen LogP contribution in [0.3, 0.4) is 0 Å². The number of benzene rings is 1. The molecule has 1 N–H and O–H groups in total. The predicted octanol–water partition coefficient (Wildman–Crippen LogP) is 2.09. The Labute approximate surface area is 121 Å². The van der Waals surface area contributed by atoms with E-state index in [1.54, 1.807) is 18.2 Å². The summed E-state index contributed by atoms with van der Waals surface area (Å²) in [4.78, 5) is 16.0. The smallest absolute Gasteiger partial charge is 0.274 e. The molecule has 21 heavy (non-hydrogen) atoms. The van der Waals surface area contributed by atoms with Crippen LogP contribution in [-0.2, 0) is 0 Å². The van der Waals surface area contributed by atoms with Gasteiger partial charge in [0.15, 0.2) is 0 Å². The maximum Gasteiger partial charge on any atom is 0.274 e. The van der Waals surface area contributed by atoms with Gasteiger partial charge in [0.2, 0.25) is 0 Å². The molecule has 0 radical (unpaired) electrons. The Bertz CT molecular complexity index is 755. The molecule has 102 valence electrons. The number of methoxy groups -OCH3 is 1. The first-order valence-corrected chi connectivity index (χ1v) is 5.94. The first-order valence-electron chi connectivity index (χ1n) is 5.94. The lowest BCUT2D eigenvalue weighted by atomic mass is 10.1. The average Bonchev–Trinajstić information content (AvgIpc) is 2.55. The fraction of sp³-hybridized carbons (Fsp3) is 0.0667. The molecule has 0 aliphatic heterocycles. The van der Waals surface area contributed by atoms with Crippen LogP contribution < -0.4 is 10.1 Å². The lowest BCUT2D eigenvalue weighted by Crippen LogP contribution is -2.15. The molecule has 2 aromatic rings. The number of amides is 1. The van der Waals surface area contributed by atoms with Crippen molar-refractivity contribution in [3.05, 3.63) is 53.3 Å². The zero-order valence-corrected chi connectivity index (χ0v) is 11.1. The molecule has 0 fully saturated rings. The SMILES string of the molecule is COc1cccc(C#N)c1NC(=O)c1ccc(C#N)cn1. The van der Waals surface area contributed by atoms with Gasteiger partial charge in [-0.05, 0) is 24.3 Å². The number of aromatic nitrogens is 1. The highest BCUT2D eigenvalue weighted by atomic mass is 16.5. The first kappa shape index (κ1) is 14.0. The van der Waals surface area contributed by atoms with Crippen LogP contribution in [0.25, 0.3) is 0 Å².